The zero-order valence-corrected chi connectivity index (χ0v) is 9.83. The third kappa shape index (κ3) is 4.28. The molecule has 1 rings (SSSR count). The first-order valence-electron chi connectivity index (χ1n) is 5.62. The maximum absolute atomic E-state index is 12.2. The van der Waals surface area contributed by atoms with Gasteiger partial charge in [0.25, 0.3) is 6.43 Å². The van der Waals surface area contributed by atoms with Crippen molar-refractivity contribution in [2.45, 2.75) is 19.4 Å². The smallest absolute Gasteiger partial charge is 0.250 e. The molecule has 0 aliphatic heterocycles. The van der Waals surface area contributed by atoms with Crippen LogP contribution in [0.1, 0.15) is 18.5 Å². The van der Waals surface area contributed by atoms with E-state index in [2.05, 4.69) is 5.32 Å². The maximum atomic E-state index is 12.2. The molecule has 1 aromatic carbocycles. The normalized spacial score (nSPS) is 12.8. The highest BCUT2D eigenvalue weighted by Crippen LogP contribution is 2.24. The van der Waals surface area contributed by atoms with Gasteiger partial charge < -0.3 is 15.8 Å². The number of nitrogens with one attached hydrogen (secondary N) is 1. The Bertz CT molecular complexity index is 334. The van der Waals surface area contributed by atoms with E-state index in [9.17, 15) is 8.78 Å². The molecule has 0 saturated carbocycles. The second-order valence-electron chi connectivity index (χ2n) is 3.56. The minimum Gasteiger partial charge on any atom is -0.494 e. The van der Waals surface area contributed by atoms with Crippen molar-refractivity contribution in [2.75, 3.05) is 19.7 Å². The molecule has 3 nitrogen and oxygen atoms in total. The molecule has 0 heterocycles. The fourth-order valence-corrected chi connectivity index (χ4v) is 1.61. The van der Waals surface area contributed by atoms with Gasteiger partial charge in [-0.1, -0.05) is 18.2 Å². The predicted molar refractivity (Wildman–Crippen MR) is 63.4 cm³/mol. The lowest BCUT2D eigenvalue weighted by Gasteiger charge is -2.20. The van der Waals surface area contributed by atoms with Crippen LogP contribution in [0.3, 0.4) is 0 Å². The monoisotopic (exact) mass is 244 g/mol. The molecule has 0 amide bonds. The van der Waals surface area contributed by atoms with Crippen molar-refractivity contribution in [1.82, 2.24) is 5.32 Å². The average molecular weight is 244 g/mol. The Hall–Kier alpha value is -1.20. The first kappa shape index (κ1) is 13.9. The Labute approximate surface area is 100.0 Å². The molecule has 0 bridgehead atoms. The Balaban J connectivity index is 2.79. The zero-order chi connectivity index (χ0) is 12.7. The van der Waals surface area contributed by atoms with Crippen LogP contribution in [-0.4, -0.2) is 26.1 Å². The van der Waals surface area contributed by atoms with E-state index in [4.69, 9.17) is 10.5 Å². The van der Waals surface area contributed by atoms with Gasteiger partial charge in [-0.2, -0.15) is 0 Å². The molecule has 0 aliphatic carbocycles. The second-order valence-corrected chi connectivity index (χ2v) is 3.56. The summed E-state index contributed by atoms with van der Waals surface area (Å²) in [6, 6.07) is 7.01. The summed E-state index contributed by atoms with van der Waals surface area (Å²) in [5.41, 5.74) is 6.41. The number of hydrogen-bond acceptors (Lipinski definition) is 3. The average Bonchev–Trinajstić information content (AvgIpc) is 2.32. The third-order valence-corrected chi connectivity index (χ3v) is 2.35. The van der Waals surface area contributed by atoms with Crippen LogP contribution >= 0.6 is 0 Å². The summed E-state index contributed by atoms with van der Waals surface area (Å²) in [4.78, 5) is 0. The highest BCUT2D eigenvalue weighted by atomic mass is 19.3. The standard InChI is InChI=1S/C12H18F2N2O/c1-2-17-11-6-4-3-5-9(11)10(7-15)16-8-12(13)14/h3-6,10,12,16H,2,7-8,15H2,1H3. The van der Waals surface area contributed by atoms with E-state index in [1.807, 2.05) is 31.2 Å². The molecule has 0 spiro atoms. The van der Waals surface area contributed by atoms with Gasteiger partial charge in [-0.15, -0.1) is 0 Å². The van der Waals surface area contributed by atoms with Crippen LogP contribution in [0.2, 0.25) is 0 Å². The highest BCUT2D eigenvalue weighted by Gasteiger charge is 2.15. The van der Waals surface area contributed by atoms with Crippen LogP contribution in [0.15, 0.2) is 24.3 Å². The van der Waals surface area contributed by atoms with Crippen molar-refractivity contribution in [3.63, 3.8) is 0 Å². The minimum atomic E-state index is -2.39. The summed E-state index contributed by atoms with van der Waals surface area (Å²) in [6.45, 7) is 2.28. The van der Waals surface area contributed by atoms with Crippen LogP contribution in [0.5, 0.6) is 5.75 Å². The predicted octanol–water partition coefficient (Wildman–Crippen LogP) is 1.94. The Morgan fingerprint density at radius 1 is 1.35 bits per heavy atom. The number of halogens is 2. The molecule has 0 radical (unpaired) electrons. The van der Waals surface area contributed by atoms with E-state index >= 15 is 0 Å². The minimum absolute atomic E-state index is 0.247. The molecular formula is C12H18F2N2O. The first-order valence-corrected chi connectivity index (χ1v) is 5.62. The van der Waals surface area contributed by atoms with Crippen molar-refractivity contribution in [3.05, 3.63) is 29.8 Å². The molecule has 5 heteroatoms. The van der Waals surface area contributed by atoms with Crippen LogP contribution in [-0.2, 0) is 0 Å². The molecule has 0 aromatic heterocycles. The zero-order valence-electron chi connectivity index (χ0n) is 9.83. The van der Waals surface area contributed by atoms with Gasteiger partial charge in [0, 0.05) is 18.2 Å². The van der Waals surface area contributed by atoms with E-state index in [-0.39, 0.29) is 19.1 Å². The van der Waals surface area contributed by atoms with E-state index in [0.29, 0.717) is 12.4 Å². The van der Waals surface area contributed by atoms with Gasteiger partial charge in [0.05, 0.1) is 13.2 Å². The largest absolute Gasteiger partial charge is 0.494 e. The lowest BCUT2D eigenvalue weighted by atomic mass is 10.1. The molecule has 96 valence electrons. The summed E-state index contributed by atoms with van der Waals surface area (Å²) < 4.78 is 29.8. The highest BCUT2D eigenvalue weighted by molar-refractivity contribution is 5.36. The lowest BCUT2D eigenvalue weighted by molar-refractivity contribution is 0.141. The Morgan fingerprint density at radius 2 is 2.06 bits per heavy atom. The van der Waals surface area contributed by atoms with Crippen molar-refractivity contribution in [3.8, 4) is 5.75 Å². The fourth-order valence-electron chi connectivity index (χ4n) is 1.61. The number of benzene rings is 1. The molecule has 3 N–H and O–H groups in total. The van der Waals surface area contributed by atoms with E-state index < -0.39 is 6.43 Å². The summed E-state index contributed by atoms with van der Waals surface area (Å²) in [7, 11) is 0. The van der Waals surface area contributed by atoms with Crippen LogP contribution < -0.4 is 15.8 Å². The van der Waals surface area contributed by atoms with Gasteiger partial charge in [-0.25, -0.2) is 8.78 Å². The van der Waals surface area contributed by atoms with Crippen molar-refractivity contribution < 1.29 is 13.5 Å². The van der Waals surface area contributed by atoms with Crippen molar-refractivity contribution in [1.29, 1.82) is 0 Å². The summed E-state index contributed by atoms with van der Waals surface area (Å²) in [5.74, 6) is 0.687. The van der Waals surface area contributed by atoms with Gasteiger partial charge in [-0.05, 0) is 13.0 Å². The van der Waals surface area contributed by atoms with Gasteiger partial charge >= 0.3 is 0 Å². The van der Waals surface area contributed by atoms with Gasteiger partial charge in [0.1, 0.15) is 5.75 Å². The number of nitrogens with two attached hydrogens (primary N) is 1. The van der Waals surface area contributed by atoms with Crippen molar-refractivity contribution in [2.24, 2.45) is 5.73 Å². The molecule has 17 heavy (non-hydrogen) atoms. The number of alkyl halides is 2. The van der Waals surface area contributed by atoms with Crippen LogP contribution in [0.4, 0.5) is 8.78 Å². The Kier molecular flexibility index (Phi) is 5.86. The molecule has 1 unspecified atom stereocenters. The molecule has 0 aliphatic rings. The van der Waals surface area contributed by atoms with Gasteiger partial charge in [0.15, 0.2) is 0 Å². The maximum Gasteiger partial charge on any atom is 0.250 e. The first-order chi connectivity index (χ1) is 8.19. The van der Waals surface area contributed by atoms with Gasteiger partial charge in [0.2, 0.25) is 0 Å². The third-order valence-electron chi connectivity index (χ3n) is 2.35. The quantitative estimate of drug-likeness (QED) is 0.770. The Morgan fingerprint density at radius 3 is 2.65 bits per heavy atom. The van der Waals surface area contributed by atoms with E-state index in [1.54, 1.807) is 0 Å². The van der Waals surface area contributed by atoms with E-state index in [0.717, 1.165) is 5.56 Å². The molecule has 1 aromatic rings. The van der Waals surface area contributed by atoms with Gasteiger partial charge in [-0.3, -0.25) is 0 Å². The molecule has 0 fully saturated rings. The SMILES string of the molecule is CCOc1ccccc1C(CN)NCC(F)F. The number of para-hydroxylation sites is 1. The van der Waals surface area contributed by atoms with Crippen LogP contribution in [0, 0.1) is 0 Å². The molecule has 1 atom stereocenters. The summed E-state index contributed by atoms with van der Waals surface area (Å²) >= 11 is 0. The fraction of sp³-hybridized carbons (Fsp3) is 0.500. The van der Waals surface area contributed by atoms with Crippen LogP contribution in [0.25, 0.3) is 0 Å². The number of hydrogen-bond donors (Lipinski definition) is 2. The van der Waals surface area contributed by atoms with Crippen molar-refractivity contribution >= 4 is 0 Å². The molecule has 0 saturated heterocycles. The lowest BCUT2D eigenvalue weighted by Crippen LogP contribution is -2.32. The molecular weight excluding hydrogens is 226 g/mol. The van der Waals surface area contributed by atoms with E-state index in [1.165, 1.54) is 0 Å². The topological polar surface area (TPSA) is 47.3 Å². The summed E-state index contributed by atoms with van der Waals surface area (Å²) in [6.07, 6.45) is -2.39. The number of rotatable bonds is 7. The summed E-state index contributed by atoms with van der Waals surface area (Å²) in [5, 5.41) is 2.73. The second kappa shape index (κ2) is 7.19. The number of ether oxygens (including phenoxy) is 1.